The Bertz CT molecular complexity index is 1190. The number of aryl methyl sites for hydroxylation is 2. The van der Waals surface area contributed by atoms with Gasteiger partial charge in [0.15, 0.2) is 0 Å². The minimum Gasteiger partial charge on any atom is -0.496 e. The Labute approximate surface area is 158 Å². The fraction of sp³-hybridized carbons (Fsp3) is 0.174. The number of fused-ring (bicyclic) bond motifs is 3. The summed E-state index contributed by atoms with van der Waals surface area (Å²) in [6.45, 7) is 4.77. The van der Waals surface area contributed by atoms with E-state index in [1.807, 2.05) is 38.1 Å². The second kappa shape index (κ2) is 6.47. The molecule has 0 atom stereocenters. The fourth-order valence-electron chi connectivity index (χ4n) is 3.76. The molecule has 0 saturated carbocycles. The largest absolute Gasteiger partial charge is 0.496 e. The van der Waals surface area contributed by atoms with Crippen molar-refractivity contribution in [2.75, 3.05) is 7.11 Å². The van der Waals surface area contributed by atoms with E-state index >= 15 is 0 Å². The molecule has 0 spiro atoms. The van der Waals surface area contributed by atoms with Crippen LogP contribution in [0.5, 0.6) is 5.75 Å². The summed E-state index contributed by atoms with van der Waals surface area (Å²) in [4.78, 5) is 12.0. The summed E-state index contributed by atoms with van der Waals surface area (Å²) in [5, 5.41) is 1.79. The van der Waals surface area contributed by atoms with Crippen LogP contribution in [0, 0.1) is 19.9 Å². The van der Waals surface area contributed by atoms with Gasteiger partial charge in [-0.2, -0.15) is 0 Å². The van der Waals surface area contributed by atoms with E-state index in [1.54, 1.807) is 13.2 Å². The first-order valence-corrected chi connectivity index (χ1v) is 8.86. The normalized spacial score (nSPS) is 11.2. The first kappa shape index (κ1) is 17.2. The molecule has 135 valence electrons. The summed E-state index contributed by atoms with van der Waals surface area (Å²) in [7, 11) is 1.68. The molecular formula is C23H21N2O2. The Kier molecular flexibility index (Phi) is 4.11. The van der Waals surface area contributed by atoms with Gasteiger partial charge in [0.05, 0.1) is 18.1 Å². The highest BCUT2D eigenvalue weighted by Gasteiger charge is 2.17. The summed E-state index contributed by atoms with van der Waals surface area (Å²) in [6, 6.07) is 19.3. The molecule has 0 fully saturated rings. The van der Waals surface area contributed by atoms with Crippen molar-refractivity contribution >= 4 is 27.7 Å². The second-order valence-electron chi connectivity index (χ2n) is 6.89. The standard InChI is InChI=1S/C23H21N2O2/c1-14-7-9-17-20(11-14)25(13-16-8-10-21(27-3)15(2)12-16)19-6-4-5-18(22(17)19)23(24)26/h4-8,10-12H,13H2,1-3H3,(H2,24,26). The Morgan fingerprint density at radius 3 is 2.67 bits per heavy atom. The van der Waals surface area contributed by atoms with Gasteiger partial charge in [-0.15, -0.1) is 0 Å². The molecule has 0 bridgehead atoms. The minimum atomic E-state index is -0.422. The molecule has 4 nitrogen and oxygen atoms in total. The number of methoxy groups -OCH3 is 1. The van der Waals surface area contributed by atoms with Crippen LogP contribution in [0.3, 0.4) is 0 Å². The van der Waals surface area contributed by atoms with Crippen LogP contribution in [0.1, 0.15) is 27.0 Å². The fourth-order valence-corrected chi connectivity index (χ4v) is 3.76. The average Bonchev–Trinajstić information content (AvgIpc) is 2.95. The Balaban J connectivity index is 1.98. The van der Waals surface area contributed by atoms with Gasteiger partial charge in [0.25, 0.3) is 0 Å². The van der Waals surface area contributed by atoms with Crippen molar-refractivity contribution in [3.63, 3.8) is 0 Å². The van der Waals surface area contributed by atoms with Crippen LogP contribution in [0.4, 0.5) is 0 Å². The van der Waals surface area contributed by atoms with Crippen LogP contribution in [0.25, 0.3) is 21.8 Å². The number of primary amides is 1. The molecule has 27 heavy (non-hydrogen) atoms. The Morgan fingerprint density at radius 1 is 1.15 bits per heavy atom. The molecule has 0 saturated heterocycles. The number of nitrogens with two attached hydrogens (primary N) is 1. The van der Waals surface area contributed by atoms with E-state index in [1.165, 1.54) is 0 Å². The number of carbonyl (C=O) groups is 1. The molecule has 3 aromatic carbocycles. The van der Waals surface area contributed by atoms with Gasteiger partial charge < -0.3 is 15.0 Å². The predicted molar refractivity (Wildman–Crippen MR) is 108 cm³/mol. The molecule has 1 amide bonds. The van der Waals surface area contributed by atoms with Crippen molar-refractivity contribution in [2.24, 2.45) is 5.73 Å². The maximum Gasteiger partial charge on any atom is 0.249 e. The number of ether oxygens (including phenoxy) is 1. The van der Waals surface area contributed by atoms with E-state index in [0.29, 0.717) is 12.1 Å². The van der Waals surface area contributed by atoms with E-state index in [4.69, 9.17) is 10.5 Å². The molecule has 4 aromatic rings. The van der Waals surface area contributed by atoms with Crippen LogP contribution in [-0.4, -0.2) is 17.6 Å². The van der Waals surface area contributed by atoms with E-state index in [2.05, 4.69) is 28.8 Å². The third kappa shape index (κ3) is 2.83. The number of carbonyl (C=O) groups excluding carboxylic acids is 1. The van der Waals surface area contributed by atoms with Crippen molar-refractivity contribution in [1.82, 2.24) is 4.57 Å². The number of rotatable bonds is 4. The average molecular weight is 357 g/mol. The molecule has 1 radical (unpaired) electrons. The first-order valence-electron chi connectivity index (χ1n) is 8.86. The van der Waals surface area contributed by atoms with E-state index in [9.17, 15) is 4.79 Å². The van der Waals surface area contributed by atoms with Gasteiger partial charge in [0.1, 0.15) is 5.75 Å². The number of amides is 1. The lowest BCUT2D eigenvalue weighted by molar-refractivity contribution is 0.100. The van der Waals surface area contributed by atoms with Crippen LogP contribution < -0.4 is 10.5 Å². The molecular weight excluding hydrogens is 336 g/mol. The van der Waals surface area contributed by atoms with Gasteiger partial charge in [-0.1, -0.05) is 24.3 Å². The summed E-state index contributed by atoms with van der Waals surface area (Å²) in [5.74, 6) is 0.454. The highest BCUT2D eigenvalue weighted by Crippen LogP contribution is 2.33. The van der Waals surface area contributed by atoms with Gasteiger partial charge in [0, 0.05) is 22.9 Å². The number of hydrogen-bond donors (Lipinski definition) is 1. The molecule has 1 heterocycles. The van der Waals surface area contributed by atoms with Crippen molar-refractivity contribution in [1.29, 1.82) is 0 Å². The number of hydrogen-bond acceptors (Lipinski definition) is 2. The zero-order chi connectivity index (χ0) is 19.1. The molecule has 2 N–H and O–H groups in total. The van der Waals surface area contributed by atoms with Gasteiger partial charge in [0.2, 0.25) is 5.91 Å². The highest BCUT2D eigenvalue weighted by molar-refractivity contribution is 6.17. The lowest BCUT2D eigenvalue weighted by atomic mass is 10.1. The number of aromatic nitrogens is 1. The summed E-state index contributed by atoms with van der Waals surface area (Å²) >= 11 is 0. The zero-order valence-electron chi connectivity index (χ0n) is 15.7. The molecule has 0 unspecified atom stereocenters. The Hall–Kier alpha value is -3.27. The number of benzene rings is 3. The van der Waals surface area contributed by atoms with Crippen molar-refractivity contribution in [3.8, 4) is 5.75 Å². The minimum absolute atomic E-state index is 0.422. The third-order valence-corrected chi connectivity index (χ3v) is 5.00. The number of nitrogens with zero attached hydrogens (tertiary/aromatic N) is 1. The quantitative estimate of drug-likeness (QED) is 0.590. The predicted octanol–water partition coefficient (Wildman–Crippen LogP) is 4.37. The highest BCUT2D eigenvalue weighted by atomic mass is 16.5. The monoisotopic (exact) mass is 357 g/mol. The van der Waals surface area contributed by atoms with Gasteiger partial charge >= 0.3 is 0 Å². The van der Waals surface area contributed by atoms with Crippen molar-refractivity contribution < 1.29 is 9.53 Å². The third-order valence-electron chi connectivity index (χ3n) is 5.00. The van der Waals surface area contributed by atoms with E-state index < -0.39 is 5.91 Å². The molecule has 1 aromatic heterocycles. The van der Waals surface area contributed by atoms with E-state index in [-0.39, 0.29) is 0 Å². The summed E-state index contributed by atoms with van der Waals surface area (Å²) in [5.41, 5.74) is 11.6. The van der Waals surface area contributed by atoms with E-state index in [0.717, 1.165) is 44.2 Å². The maximum atomic E-state index is 12.0. The topological polar surface area (TPSA) is 57.2 Å². The van der Waals surface area contributed by atoms with Crippen LogP contribution >= 0.6 is 0 Å². The second-order valence-corrected chi connectivity index (χ2v) is 6.89. The van der Waals surface area contributed by atoms with Crippen molar-refractivity contribution in [2.45, 2.75) is 20.4 Å². The van der Waals surface area contributed by atoms with Crippen LogP contribution in [0.2, 0.25) is 0 Å². The lowest BCUT2D eigenvalue weighted by Gasteiger charge is -2.11. The summed E-state index contributed by atoms with van der Waals surface area (Å²) < 4.78 is 7.59. The molecule has 0 aliphatic rings. The zero-order valence-corrected chi connectivity index (χ0v) is 15.7. The maximum absolute atomic E-state index is 12.0. The first-order chi connectivity index (χ1) is 13.0. The SMILES string of the molecule is COc1ccc(Cn2c3cc(C)c[c]c3c3c(C(N)=O)cccc32)cc1C. The van der Waals surface area contributed by atoms with Crippen LogP contribution in [0.15, 0.2) is 48.5 Å². The van der Waals surface area contributed by atoms with Gasteiger partial charge in [-0.3, -0.25) is 4.79 Å². The lowest BCUT2D eigenvalue weighted by Crippen LogP contribution is -2.11. The Morgan fingerprint density at radius 2 is 1.96 bits per heavy atom. The summed E-state index contributed by atoms with van der Waals surface area (Å²) in [6.07, 6.45) is 0. The van der Waals surface area contributed by atoms with Gasteiger partial charge in [-0.05, 0) is 60.9 Å². The molecule has 0 aliphatic heterocycles. The van der Waals surface area contributed by atoms with Gasteiger partial charge in [-0.25, -0.2) is 0 Å². The van der Waals surface area contributed by atoms with Crippen LogP contribution in [-0.2, 0) is 6.54 Å². The smallest absolute Gasteiger partial charge is 0.249 e. The molecule has 0 aliphatic carbocycles. The molecule has 4 heteroatoms. The molecule has 4 rings (SSSR count). The van der Waals surface area contributed by atoms with Crippen molar-refractivity contribution in [3.05, 3.63) is 76.9 Å².